The van der Waals surface area contributed by atoms with Crippen LogP contribution in [0.4, 0.5) is 0 Å². The zero-order chi connectivity index (χ0) is 16.9. The molecule has 1 unspecified atom stereocenters. The normalized spacial score (nSPS) is 13.8. The van der Waals surface area contributed by atoms with Gasteiger partial charge in [-0.05, 0) is 19.5 Å². The van der Waals surface area contributed by atoms with Crippen LogP contribution in [0.5, 0.6) is 0 Å². The van der Waals surface area contributed by atoms with Crippen molar-refractivity contribution in [1.82, 2.24) is 20.0 Å². The van der Waals surface area contributed by atoms with Gasteiger partial charge in [0.25, 0.3) is 0 Å². The van der Waals surface area contributed by atoms with E-state index in [1.54, 1.807) is 31.0 Å². The minimum Gasteiger partial charge on any atom is -0.383 e. The third-order valence-electron chi connectivity index (χ3n) is 3.67. The second-order valence-electron chi connectivity index (χ2n) is 6.11. The summed E-state index contributed by atoms with van der Waals surface area (Å²) in [7, 11) is 3.68. The quantitative estimate of drug-likeness (QED) is 0.795. The summed E-state index contributed by atoms with van der Waals surface area (Å²) >= 11 is 0. The maximum absolute atomic E-state index is 12.0. The van der Waals surface area contributed by atoms with Crippen LogP contribution in [0.15, 0.2) is 42.7 Å². The molecular formula is C17H24N4O2. The number of amides is 1. The lowest BCUT2D eigenvalue weighted by Crippen LogP contribution is -2.42. The van der Waals surface area contributed by atoms with Gasteiger partial charge in [0, 0.05) is 25.4 Å². The smallest absolute Gasteiger partial charge is 0.234 e. The molecule has 0 aliphatic heterocycles. The lowest BCUT2D eigenvalue weighted by Gasteiger charge is -2.23. The first-order valence-corrected chi connectivity index (χ1v) is 7.57. The van der Waals surface area contributed by atoms with E-state index in [4.69, 9.17) is 0 Å². The number of aromatic nitrogens is 2. The number of rotatable bonds is 7. The fourth-order valence-electron chi connectivity index (χ4n) is 2.32. The average molecular weight is 316 g/mol. The molecule has 6 nitrogen and oxygen atoms in total. The molecule has 23 heavy (non-hydrogen) atoms. The molecule has 0 bridgehead atoms. The largest absolute Gasteiger partial charge is 0.383 e. The molecule has 2 rings (SSSR count). The highest BCUT2D eigenvalue weighted by molar-refractivity contribution is 5.78. The number of benzene rings is 1. The number of aliphatic hydroxyl groups is 1. The Hall–Kier alpha value is -2.18. The van der Waals surface area contributed by atoms with E-state index in [1.165, 1.54) is 0 Å². The summed E-state index contributed by atoms with van der Waals surface area (Å²) in [6, 6.07) is 9.99. The first-order valence-electron chi connectivity index (χ1n) is 7.57. The van der Waals surface area contributed by atoms with Crippen molar-refractivity contribution >= 4 is 5.91 Å². The first-order chi connectivity index (χ1) is 10.9. The van der Waals surface area contributed by atoms with E-state index >= 15 is 0 Å². The molecule has 2 N–H and O–H groups in total. The predicted molar refractivity (Wildman–Crippen MR) is 88.6 cm³/mol. The van der Waals surface area contributed by atoms with Crippen LogP contribution in [0.25, 0.3) is 0 Å². The van der Waals surface area contributed by atoms with E-state index < -0.39 is 5.60 Å². The van der Waals surface area contributed by atoms with Crippen molar-refractivity contribution in [3.05, 3.63) is 53.9 Å². The third-order valence-corrected chi connectivity index (χ3v) is 3.67. The molecule has 6 heteroatoms. The lowest BCUT2D eigenvalue weighted by molar-refractivity contribution is -0.123. The molecule has 2 aromatic rings. The van der Waals surface area contributed by atoms with E-state index in [2.05, 4.69) is 10.4 Å². The Morgan fingerprint density at radius 1 is 1.39 bits per heavy atom. The molecular weight excluding hydrogens is 292 g/mol. The monoisotopic (exact) mass is 316 g/mol. The van der Waals surface area contributed by atoms with Gasteiger partial charge in [-0.2, -0.15) is 5.10 Å². The molecule has 0 spiro atoms. The second kappa shape index (κ2) is 7.39. The van der Waals surface area contributed by atoms with E-state index in [-0.39, 0.29) is 19.0 Å². The molecule has 1 aromatic heterocycles. The Kier molecular flexibility index (Phi) is 5.52. The van der Waals surface area contributed by atoms with Crippen LogP contribution in [0.3, 0.4) is 0 Å². The lowest BCUT2D eigenvalue weighted by atomic mass is 10.00. The maximum atomic E-state index is 12.0. The molecule has 0 aliphatic rings. The summed E-state index contributed by atoms with van der Waals surface area (Å²) < 4.78 is 1.62. The fraction of sp³-hybridized carbons (Fsp3) is 0.412. The zero-order valence-corrected chi connectivity index (χ0v) is 13.9. The van der Waals surface area contributed by atoms with Gasteiger partial charge in [0.15, 0.2) is 0 Å². The van der Waals surface area contributed by atoms with Crippen molar-refractivity contribution in [2.75, 3.05) is 20.1 Å². The summed E-state index contributed by atoms with van der Waals surface area (Å²) in [6.45, 7) is 2.79. The van der Waals surface area contributed by atoms with E-state index in [0.717, 1.165) is 5.56 Å². The van der Waals surface area contributed by atoms with Gasteiger partial charge < -0.3 is 10.4 Å². The SMILES string of the molecule is CN(CC(=O)NCC(C)(O)c1cnn(C)c1)Cc1ccccc1. The fourth-order valence-corrected chi connectivity index (χ4v) is 2.32. The van der Waals surface area contributed by atoms with Crippen LogP contribution < -0.4 is 5.32 Å². The van der Waals surface area contributed by atoms with Gasteiger partial charge in [0.2, 0.25) is 5.91 Å². The van der Waals surface area contributed by atoms with E-state index in [0.29, 0.717) is 12.1 Å². The Balaban J connectivity index is 1.80. The van der Waals surface area contributed by atoms with Crippen molar-refractivity contribution < 1.29 is 9.90 Å². The third kappa shape index (κ3) is 5.19. The standard InChI is InChI=1S/C17H24N4O2/c1-17(23,15-9-19-21(3)11-15)13-18-16(22)12-20(2)10-14-7-5-4-6-8-14/h4-9,11,23H,10,12-13H2,1-3H3,(H,18,22). The molecule has 0 aliphatic carbocycles. The van der Waals surface area contributed by atoms with Gasteiger partial charge >= 0.3 is 0 Å². The summed E-state index contributed by atoms with van der Waals surface area (Å²) in [5.41, 5.74) is 0.699. The Labute approximate surface area is 136 Å². The van der Waals surface area contributed by atoms with Crippen LogP contribution in [0, 0.1) is 0 Å². The minimum absolute atomic E-state index is 0.118. The molecule has 0 fully saturated rings. The van der Waals surface area contributed by atoms with Crippen molar-refractivity contribution in [3.8, 4) is 0 Å². The highest BCUT2D eigenvalue weighted by atomic mass is 16.3. The molecule has 1 atom stereocenters. The molecule has 1 heterocycles. The Bertz CT molecular complexity index is 637. The molecule has 1 amide bonds. The van der Waals surface area contributed by atoms with Crippen LogP contribution >= 0.6 is 0 Å². The average Bonchev–Trinajstić information content (AvgIpc) is 2.94. The number of hydrogen-bond acceptors (Lipinski definition) is 4. The Morgan fingerprint density at radius 2 is 2.09 bits per heavy atom. The molecule has 124 valence electrons. The minimum atomic E-state index is -1.14. The number of aryl methyl sites for hydroxylation is 1. The van der Waals surface area contributed by atoms with Gasteiger partial charge in [-0.3, -0.25) is 14.4 Å². The molecule has 0 saturated carbocycles. The second-order valence-corrected chi connectivity index (χ2v) is 6.11. The van der Waals surface area contributed by atoms with Crippen molar-refractivity contribution in [1.29, 1.82) is 0 Å². The molecule has 0 radical (unpaired) electrons. The number of carbonyl (C=O) groups excluding carboxylic acids is 1. The van der Waals surface area contributed by atoms with Crippen LogP contribution in [0.1, 0.15) is 18.1 Å². The number of likely N-dealkylation sites (N-methyl/N-ethyl adjacent to an activating group) is 1. The van der Waals surface area contributed by atoms with Gasteiger partial charge in [0.1, 0.15) is 5.60 Å². The first kappa shape index (κ1) is 17.2. The summed E-state index contributed by atoms with van der Waals surface area (Å²) in [5, 5.41) is 17.3. The highest BCUT2D eigenvalue weighted by Crippen LogP contribution is 2.18. The van der Waals surface area contributed by atoms with Gasteiger partial charge in [-0.25, -0.2) is 0 Å². The van der Waals surface area contributed by atoms with Crippen molar-refractivity contribution in [2.24, 2.45) is 7.05 Å². The number of carbonyl (C=O) groups is 1. The summed E-state index contributed by atoms with van der Waals surface area (Å²) in [5.74, 6) is -0.118. The van der Waals surface area contributed by atoms with Crippen LogP contribution in [-0.4, -0.2) is 45.8 Å². The van der Waals surface area contributed by atoms with Gasteiger partial charge in [0.05, 0.1) is 19.3 Å². The van der Waals surface area contributed by atoms with Gasteiger partial charge in [-0.15, -0.1) is 0 Å². The number of hydrogen-bond donors (Lipinski definition) is 2. The highest BCUT2D eigenvalue weighted by Gasteiger charge is 2.25. The van der Waals surface area contributed by atoms with Crippen molar-refractivity contribution in [2.45, 2.75) is 19.1 Å². The van der Waals surface area contributed by atoms with E-state index in [1.807, 2.05) is 42.3 Å². The van der Waals surface area contributed by atoms with Crippen molar-refractivity contribution in [3.63, 3.8) is 0 Å². The predicted octanol–water partition coefficient (Wildman–Crippen LogP) is 0.876. The zero-order valence-electron chi connectivity index (χ0n) is 13.9. The maximum Gasteiger partial charge on any atom is 0.234 e. The number of nitrogens with zero attached hydrogens (tertiary/aromatic N) is 3. The van der Waals surface area contributed by atoms with Gasteiger partial charge in [-0.1, -0.05) is 30.3 Å². The van der Waals surface area contributed by atoms with Crippen LogP contribution in [0.2, 0.25) is 0 Å². The summed E-state index contributed by atoms with van der Waals surface area (Å²) in [4.78, 5) is 14.0. The Morgan fingerprint density at radius 3 is 2.70 bits per heavy atom. The number of nitrogens with one attached hydrogen (secondary N) is 1. The molecule has 1 aromatic carbocycles. The van der Waals surface area contributed by atoms with E-state index in [9.17, 15) is 9.90 Å². The topological polar surface area (TPSA) is 70.4 Å². The molecule has 0 saturated heterocycles. The summed E-state index contributed by atoms with van der Waals surface area (Å²) in [6.07, 6.45) is 3.35. The van der Waals surface area contributed by atoms with Crippen LogP contribution in [-0.2, 0) is 24.0 Å².